The number of anilines is 1. The third-order valence-electron chi connectivity index (χ3n) is 1.96. The Morgan fingerprint density at radius 1 is 1.47 bits per heavy atom. The Morgan fingerprint density at radius 3 is 2.71 bits per heavy atom. The van der Waals surface area contributed by atoms with E-state index in [0.29, 0.717) is 9.26 Å². The van der Waals surface area contributed by atoms with Crippen molar-refractivity contribution in [1.82, 2.24) is 5.32 Å². The molecule has 92 valence electrons. The Labute approximate surface area is 111 Å². The quantitative estimate of drug-likeness (QED) is 0.721. The Balaban J connectivity index is 2.74. The Bertz CT molecular complexity index is 453. The van der Waals surface area contributed by atoms with Gasteiger partial charge in [0, 0.05) is 0 Å². The van der Waals surface area contributed by atoms with Crippen molar-refractivity contribution in [2.24, 2.45) is 5.73 Å². The molecule has 0 aliphatic rings. The number of carbonyl (C=O) groups excluding carboxylic acids is 2. The van der Waals surface area contributed by atoms with Crippen LogP contribution in [0.1, 0.15) is 6.92 Å². The van der Waals surface area contributed by atoms with E-state index >= 15 is 0 Å². The lowest BCUT2D eigenvalue weighted by atomic mass is 10.2. The molecule has 1 atom stereocenters. The molecule has 1 aromatic carbocycles. The summed E-state index contributed by atoms with van der Waals surface area (Å²) in [5.41, 5.74) is 5.30. The van der Waals surface area contributed by atoms with Gasteiger partial charge in [-0.25, -0.2) is 9.18 Å². The van der Waals surface area contributed by atoms with Gasteiger partial charge in [0.05, 0.1) is 9.26 Å². The maximum Gasteiger partial charge on any atom is 0.318 e. The van der Waals surface area contributed by atoms with Gasteiger partial charge in [0.15, 0.2) is 0 Å². The normalized spacial score (nSPS) is 11.7. The van der Waals surface area contributed by atoms with E-state index in [1.54, 1.807) is 13.0 Å². The molecular formula is C10H11FIN3O2. The van der Waals surface area contributed by atoms with Gasteiger partial charge in [-0.05, 0) is 41.6 Å². The van der Waals surface area contributed by atoms with Crippen molar-refractivity contribution in [3.8, 4) is 0 Å². The second kappa shape index (κ2) is 5.80. The van der Waals surface area contributed by atoms with Crippen molar-refractivity contribution in [1.29, 1.82) is 0 Å². The van der Waals surface area contributed by atoms with Crippen LogP contribution in [0.2, 0.25) is 0 Å². The number of imide groups is 1. The van der Waals surface area contributed by atoms with E-state index in [2.05, 4.69) is 5.32 Å². The fourth-order valence-electron chi connectivity index (χ4n) is 1.14. The number of primary amides is 1. The summed E-state index contributed by atoms with van der Waals surface area (Å²) in [6.07, 6.45) is 0. The second-order valence-corrected chi connectivity index (χ2v) is 4.40. The first-order chi connectivity index (χ1) is 7.91. The molecule has 17 heavy (non-hydrogen) atoms. The number of urea groups is 1. The first-order valence-corrected chi connectivity index (χ1v) is 5.80. The SMILES string of the molecule is CC(Nc1cccc(F)c1I)C(=O)NC(N)=O. The molecule has 0 bridgehead atoms. The third-order valence-corrected chi connectivity index (χ3v) is 3.06. The largest absolute Gasteiger partial charge is 0.373 e. The number of carbonyl (C=O) groups is 2. The minimum absolute atomic E-state index is 0.377. The summed E-state index contributed by atoms with van der Waals surface area (Å²) in [6, 6.07) is 2.87. The fraction of sp³-hybridized carbons (Fsp3) is 0.200. The van der Waals surface area contributed by atoms with E-state index in [9.17, 15) is 14.0 Å². The molecule has 0 spiro atoms. The van der Waals surface area contributed by atoms with Crippen LogP contribution in [0.15, 0.2) is 18.2 Å². The van der Waals surface area contributed by atoms with Crippen LogP contribution in [0.25, 0.3) is 0 Å². The van der Waals surface area contributed by atoms with Gasteiger partial charge in [-0.15, -0.1) is 0 Å². The maximum atomic E-state index is 13.2. The van der Waals surface area contributed by atoms with Crippen LogP contribution < -0.4 is 16.4 Å². The minimum atomic E-state index is -0.919. The van der Waals surface area contributed by atoms with E-state index in [0.717, 1.165) is 0 Å². The highest BCUT2D eigenvalue weighted by Gasteiger charge is 2.15. The molecule has 1 aromatic rings. The number of halogens is 2. The van der Waals surface area contributed by atoms with Gasteiger partial charge in [0.2, 0.25) is 5.91 Å². The van der Waals surface area contributed by atoms with Gasteiger partial charge in [0.1, 0.15) is 11.9 Å². The van der Waals surface area contributed by atoms with Crippen LogP contribution in [0, 0.1) is 9.39 Å². The Hall–Kier alpha value is -1.38. The van der Waals surface area contributed by atoms with Gasteiger partial charge in [-0.2, -0.15) is 0 Å². The van der Waals surface area contributed by atoms with Crippen molar-refractivity contribution in [3.05, 3.63) is 27.6 Å². The summed E-state index contributed by atoms with van der Waals surface area (Å²) < 4.78 is 13.6. The molecule has 3 amide bonds. The van der Waals surface area contributed by atoms with Crippen molar-refractivity contribution >= 4 is 40.2 Å². The van der Waals surface area contributed by atoms with Crippen molar-refractivity contribution in [2.75, 3.05) is 5.32 Å². The van der Waals surface area contributed by atoms with Crippen LogP contribution in [-0.2, 0) is 4.79 Å². The van der Waals surface area contributed by atoms with Gasteiger partial charge in [0.25, 0.3) is 0 Å². The van der Waals surface area contributed by atoms with E-state index in [-0.39, 0.29) is 5.82 Å². The first kappa shape index (κ1) is 13.7. The van der Waals surface area contributed by atoms with Crippen molar-refractivity contribution in [3.63, 3.8) is 0 Å². The van der Waals surface area contributed by atoms with Crippen LogP contribution >= 0.6 is 22.6 Å². The second-order valence-electron chi connectivity index (χ2n) is 3.32. The van der Waals surface area contributed by atoms with Gasteiger partial charge in [-0.1, -0.05) is 6.07 Å². The number of benzene rings is 1. The minimum Gasteiger partial charge on any atom is -0.373 e. The molecule has 0 aliphatic heterocycles. The molecule has 5 nitrogen and oxygen atoms in total. The highest BCUT2D eigenvalue weighted by Crippen LogP contribution is 2.21. The summed E-state index contributed by atoms with van der Waals surface area (Å²) in [7, 11) is 0. The van der Waals surface area contributed by atoms with Crippen molar-refractivity contribution < 1.29 is 14.0 Å². The van der Waals surface area contributed by atoms with Gasteiger partial charge >= 0.3 is 6.03 Å². The van der Waals surface area contributed by atoms with E-state index in [1.807, 2.05) is 27.9 Å². The molecular weight excluding hydrogens is 340 g/mol. The number of hydrogen-bond donors (Lipinski definition) is 3. The standard InChI is InChI=1S/C10H11FIN3O2/c1-5(9(16)15-10(13)17)14-7-4-2-3-6(11)8(7)12/h2-5,14H,1H3,(H3,13,15,16,17). The summed E-state index contributed by atoms with van der Waals surface area (Å²) in [4.78, 5) is 21.9. The zero-order valence-corrected chi connectivity index (χ0v) is 11.1. The van der Waals surface area contributed by atoms with E-state index in [1.165, 1.54) is 12.1 Å². The van der Waals surface area contributed by atoms with E-state index in [4.69, 9.17) is 5.73 Å². The molecule has 1 unspecified atom stereocenters. The lowest BCUT2D eigenvalue weighted by Gasteiger charge is -2.15. The zero-order valence-electron chi connectivity index (χ0n) is 8.96. The summed E-state index contributed by atoms with van der Waals surface area (Å²) in [5.74, 6) is -0.948. The van der Waals surface area contributed by atoms with Crippen molar-refractivity contribution in [2.45, 2.75) is 13.0 Å². The number of nitrogens with one attached hydrogen (secondary N) is 2. The summed E-state index contributed by atoms with van der Waals surface area (Å²) >= 11 is 1.83. The molecule has 0 heterocycles. The number of rotatable bonds is 3. The topological polar surface area (TPSA) is 84.2 Å². The average molecular weight is 351 g/mol. The summed E-state index contributed by atoms with van der Waals surface area (Å²) in [6.45, 7) is 1.54. The Morgan fingerprint density at radius 2 is 2.12 bits per heavy atom. The summed E-state index contributed by atoms with van der Waals surface area (Å²) in [5, 5.41) is 4.73. The molecule has 1 rings (SSSR count). The molecule has 0 radical (unpaired) electrons. The molecule has 0 aromatic heterocycles. The zero-order chi connectivity index (χ0) is 13.0. The van der Waals surface area contributed by atoms with Crippen LogP contribution in [0.4, 0.5) is 14.9 Å². The maximum absolute atomic E-state index is 13.2. The molecule has 0 saturated carbocycles. The Kier molecular flexibility index (Phi) is 4.67. The van der Waals surface area contributed by atoms with Crippen LogP contribution in [0.3, 0.4) is 0 Å². The van der Waals surface area contributed by atoms with Gasteiger partial charge in [-0.3, -0.25) is 10.1 Å². The molecule has 7 heteroatoms. The fourth-order valence-corrected chi connectivity index (χ4v) is 1.66. The molecule has 0 saturated heterocycles. The monoisotopic (exact) mass is 351 g/mol. The number of amides is 3. The van der Waals surface area contributed by atoms with Crippen LogP contribution in [-0.4, -0.2) is 18.0 Å². The predicted octanol–water partition coefficient (Wildman–Crippen LogP) is 1.43. The lowest BCUT2D eigenvalue weighted by molar-refractivity contribution is -0.120. The predicted molar refractivity (Wildman–Crippen MR) is 69.9 cm³/mol. The van der Waals surface area contributed by atoms with E-state index < -0.39 is 18.0 Å². The molecule has 4 N–H and O–H groups in total. The average Bonchev–Trinajstić information content (AvgIpc) is 2.23. The number of nitrogens with two attached hydrogens (primary N) is 1. The highest BCUT2D eigenvalue weighted by molar-refractivity contribution is 14.1. The molecule has 0 aliphatic carbocycles. The lowest BCUT2D eigenvalue weighted by Crippen LogP contribution is -2.43. The molecule has 0 fully saturated rings. The smallest absolute Gasteiger partial charge is 0.318 e. The van der Waals surface area contributed by atoms with Crippen LogP contribution in [0.5, 0.6) is 0 Å². The third kappa shape index (κ3) is 3.84. The number of hydrogen-bond acceptors (Lipinski definition) is 3. The van der Waals surface area contributed by atoms with Gasteiger partial charge < -0.3 is 11.1 Å². The highest BCUT2D eigenvalue weighted by atomic mass is 127. The first-order valence-electron chi connectivity index (χ1n) is 4.72.